The van der Waals surface area contributed by atoms with E-state index in [1.54, 1.807) is 0 Å². The van der Waals surface area contributed by atoms with Gasteiger partial charge in [0.15, 0.2) is 6.10 Å². The fraction of sp³-hybridized carbons (Fsp3) is 0.829. The molecule has 0 spiro atoms. The van der Waals surface area contributed by atoms with Crippen molar-refractivity contribution in [1.29, 1.82) is 0 Å². The van der Waals surface area contributed by atoms with Gasteiger partial charge in [0.1, 0.15) is 13.2 Å². The topological polar surface area (TPSA) is 78.9 Å². The molecule has 0 radical (unpaired) electrons. The minimum Gasteiger partial charge on any atom is -0.462 e. The molecular formula is C76H138O6. The molecule has 0 N–H and O–H groups in total. The maximum atomic E-state index is 13.0. The van der Waals surface area contributed by atoms with Crippen molar-refractivity contribution in [2.45, 2.75) is 393 Å². The van der Waals surface area contributed by atoms with Gasteiger partial charge in [0.25, 0.3) is 0 Å². The van der Waals surface area contributed by atoms with E-state index in [1.807, 2.05) is 0 Å². The van der Waals surface area contributed by atoms with E-state index >= 15 is 0 Å². The van der Waals surface area contributed by atoms with Gasteiger partial charge >= 0.3 is 17.9 Å². The molecule has 478 valence electrons. The number of carbonyl (C=O) groups excluding carboxylic acids is 3. The molecule has 6 heteroatoms. The van der Waals surface area contributed by atoms with Crippen molar-refractivity contribution < 1.29 is 28.6 Å². The van der Waals surface area contributed by atoms with E-state index in [-0.39, 0.29) is 31.1 Å². The lowest BCUT2D eigenvalue weighted by Gasteiger charge is -2.18. The van der Waals surface area contributed by atoms with E-state index < -0.39 is 6.10 Å². The predicted octanol–water partition coefficient (Wildman–Crippen LogP) is 25.1. The van der Waals surface area contributed by atoms with Crippen molar-refractivity contribution in [3.05, 3.63) is 60.8 Å². The molecular weight excluding hydrogens is 1010 g/mol. The Labute approximate surface area is 510 Å². The molecule has 0 heterocycles. The highest BCUT2D eigenvalue weighted by Crippen LogP contribution is 2.19. The number of hydrogen-bond donors (Lipinski definition) is 0. The summed E-state index contributed by atoms with van der Waals surface area (Å²) in [7, 11) is 0. The first-order valence-corrected chi connectivity index (χ1v) is 36.3. The maximum Gasteiger partial charge on any atom is 0.306 e. The number of rotatable bonds is 67. The van der Waals surface area contributed by atoms with Crippen molar-refractivity contribution in [2.75, 3.05) is 13.2 Å². The third-order valence-corrected chi connectivity index (χ3v) is 16.3. The lowest BCUT2D eigenvalue weighted by atomic mass is 10.0. The van der Waals surface area contributed by atoms with E-state index in [1.165, 1.54) is 257 Å². The molecule has 0 fully saturated rings. The van der Waals surface area contributed by atoms with Crippen LogP contribution in [0.15, 0.2) is 60.8 Å². The van der Waals surface area contributed by atoms with E-state index in [9.17, 15) is 14.4 Å². The Morgan fingerprint density at radius 3 is 0.744 bits per heavy atom. The lowest BCUT2D eigenvalue weighted by Crippen LogP contribution is -2.30. The first kappa shape index (κ1) is 79.1. The van der Waals surface area contributed by atoms with Gasteiger partial charge < -0.3 is 14.2 Å². The predicted molar refractivity (Wildman–Crippen MR) is 358 cm³/mol. The average molecular weight is 1150 g/mol. The van der Waals surface area contributed by atoms with Gasteiger partial charge in [-0.15, -0.1) is 0 Å². The average Bonchev–Trinajstić information content (AvgIpc) is 3.47. The highest BCUT2D eigenvalue weighted by Gasteiger charge is 2.19. The number of carbonyl (C=O) groups is 3. The van der Waals surface area contributed by atoms with E-state index in [0.717, 1.165) is 89.9 Å². The van der Waals surface area contributed by atoms with E-state index in [4.69, 9.17) is 14.2 Å². The Balaban J connectivity index is 4.19. The van der Waals surface area contributed by atoms with Gasteiger partial charge in [-0.1, -0.05) is 364 Å². The zero-order valence-electron chi connectivity index (χ0n) is 55.0. The smallest absolute Gasteiger partial charge is 0.306 e. The second-order valence-corrected chi connectivity index (χ2v) is 24.5. The Kier molecular flexibility index (Phi) is 68.1. The molecule has 1 unspecified atom stereocenters. The Bertz CT molecular complexity index is 1460. The first-order valence-electron chi connectivity index (χ1n) is 36.3. The van der Waals surface area contributed by atoms with Crippen molar-refractivity contribution in [3.63, 3.8) is 0 Å². The van der Waals surface area contributed by atoms with Crippen LogP contribution >= 0.6 is 0 Å². The molecule has 0 aromatic carbocycles. The molecule has 1 atom stereocenters. The molecule has 0 aromatic heterocycles. The van der Waals surface area contributed by atoms with Crippen LogP contribution < -0.4 is 0 Å². The number of hydrogen-bond acceptors (Lipinski definition) is 6. The largest absolute Gasteiger partial charge is 0.462 e. The molecule has 0 rings (SSSR count). The molecule has 82 heavy (non-hydrogen) atoms. The fourth-order valence-electron chi connectivity index (χ4n) is 10.9. The second-order valence-electron chi connectivity index (χ2n) is 24.5. The van der Waals surface area contributed by atoms with Crippen LogP contribution in [-0.4, -0.2) is 37.2 Å². The van der Waals surface area contributed by atoms with E-state index in [2.05, 4.69) is 81.5 Å². The van der Waals surface area contributed by atoms with Gasteiger partial charge in [-0.05, 0) is 64.2 Å². The summed E-state index contributed by atoms with van der Waals surface area (Å²) < 4.78 is 17.0. The number of ether oxygens (including phenoxy) is 3. The highest BCUT2D eigenvalue weighted by molar-refractivity contribution is 5.71. The SMILES string of the molecule is CC/C=C\C/C=C\C/C=C\C/C=C\C/C=C\CCCCCCCCCCCCCCCC(=O)OCC(COC(=O)CCCCCCCCCCCCCC)OC(=O)CCCCCCCCCCCCCCCCCCCCCCCCC. The third kappa shape index (κ3) is 67.9. The highest BCUT2D eigenvalue weighted by atomic mass is 16.6. The number of esters is 3. The van der Waals surface area contributed by atoms with E-state index in [0.29, 0.717) is 19.3 Å². The number of unbranched alkanes of at least 4 members (excludes halogenated alkanes) is 46. The van der Waals surface area contributed by atoms with Crippen LogP contribution in [0.4, 0.5) is 0 Å². The van der Waals surface area contributed by atoms with Gasteiger partial charge in [0.05, 0.1) is 0 Å². The lowest BCUT2D eigenvalue weighted by molar-refractivity contribution is -0.167. The summed E-state index contributed by atoms with van der Waals surface area (Å²) in [6.45, 7) is 6.59. The maximum absolute atomic E-state index is 13.0. The van der Waals surface area contributed by atoms with Crippen LogP contribution in [0.25, 0.3) is 0 Å². The standard InChI is InChI=1S/C76H138O6/c1-4-7-10-13-16-19-22-25-27-29-31-33-35-36-37-38-39-40-42-43-45-47-49-51-54-57-60-63-66-69-75(78)81-72-73(71-80-74(77)68-65-62-59-56-53-24-21-18-15-12-9-6-3)82-76(79)70-67-64-61-58-55-52-50-48-46-44-41-34-32-30-28-26-23-20-17-14-11-8-5-2/h7,10,16,19,25,27,31,33,36-37,73H,4-6,8-9,11-15,17-18,20-24,26,28-30,32,34-35,38-72H2,1-3H3/b10-7-,19-16-,27-25-,33-31-,37-36-. The molecule has 0 aromatic rings. The first-order chi connectivity index (χ1) is 40.5. The summed E-state index contributed by atoms with van der Waals surface area (Å²) >= 11 is 0. The summed E-state index contributed by atoms with van der Waals surface area (Å²) in [5.74, 6) is -0.841. The van der Waals surface area contributed by atoms with Crippen molar-refractivity contribution in [1.82, 2.24) is 0 Å². The fourth-order valence-corrected chi connectivity index (χ4v) is 10.9. The van der Waals surface area contributed by atoms with Crippen LogP contribution in [0.1, 0.15) is 387 Å². The summed E-state index contributed by atoms with van der Waals surface area (Å²) in [5.41, 5.74) is 0. The van der Waals surface area contributed by atoms with Crippen molar-refractivity contribution in [2.24, 2.45) is 0 Å². The summed E-state index contributed by atoms with van der Waals surface area (Å²) in [6, 6.07) is 0. The monoisotopic (exact) mass is 1150 g/mol. The van der Waals surface area contributed by atoms with Gasteiger partial charge in [-0.2, -0.15) is 0 Å². The minimum absolute atomic E-state index is 0.0675. The molecule has 0 aliphatic carbocycles. The molecule has 0 bridgehead atoms. The third-order valence-electron chi connectivity index (χ3n) is 16.3. The zero-order valence-corrected chi connectivity index (χ0v) is 55.0. The number of allylic oxidation sites excluding steroid dienone is 10. The Morgan fingerprint density at radius 1 is 0.256 bits per heavy atom. The van der Waals surface area contributed by atoms with Crippen LogP contribution in [0, 0.1) is 0 Å². The van der Waals surface area contributed by atoms with Gasteiger partial charge in [0.2, 0.25) is 0 Å². The molecule has 0 amide bonds. The molecule has 0 saturated carbocycles. The van der Waals surface area contributed by atoms with Crippen LogP contribution in [0.2, 0.25) is 0 Å². The van der Waals surface area contributed by atoms with Crippen molar-refractivity contribution >= 4 is 17.9 Å². The normalized spacial score (nSPS) is 12.4. The molecule has 0 saturated heterocycles. The summed E-state index contributed by atoms with van der Waals surface area (Å²) in [5, 5.41) is 0. The van der Waals surface area contributed by atoms with Gasteiger partial charge in [-0.3, -0.25) is 14.4 Å². The molecule has 0 aliphatic rings. The molecule has 6 nitrogen and oxygen atoms in total. The van der Waals surface area contributed by atoms with Crippen LogP contribution in [-0.2, 0) is 28.6 Å². The van der Waals surface area contributed by atoms with Gasteiger partial charge in [-0.25, -0.2) is 0 Å². The van der Waals surface area contributed by atoms with Gasteiger partial charge in [0, 0.05) is 19.3 Å². The quantitative estimate of drug-likeness (QED) is 0.0261. The van der Waals surface area contributed by atoms with Crippen LogP contribution in [0.5, 0.6) is 0 Å². The summed E-state index contributed by atoms with van der Waals surface area (Å²) in [6.07, 6.45) is 91.1. The van der Waals surface area contributed by atoms with Crippen molar-refractivity contribution in [3.8, 4) is 0 Å². The molecule has 0 aliphatic heterocycles. The Morgan fingerprint density at radius 2 is 0.476 bits per heavy atom. The van der Waals surface area contributed by atoms with Crippen LogP contribution in [0.3, 0.4) is 0 Å². The summed E-state index contributed by atoms with van der Waals surface area (Å²) in [4.78, 5) is 38.4. The second kappa shape index (κ2) is 70.6. The zero-order chi connectivity index (χ0) is 59.2. The Hall–Kier alpha value is -2.89. The minimum atomic E-state index is -0.771.